The first-order chi connectivity index (χ1) is 9.10. The largest absolute Gasteiger partial charge is 0.326 e. The van der Waals surface area contributed by atoms with Gasteiger partial charge in [-0.1, -0.05) is 46.7 Å². The van der Waals surface area contributed by atoms with Gasteiger partial charge in [0, 0.05) is 10.5 Å². The number of nitrogens with zero attached hydrogens (tertiary/aromatic N) is 2. The second-order valence-electron chi connectivity index (χ2n) is 4.37. The SMILES string of the molecule is CCC(N)C(Sc1n[nH]c(C)n1)c1cccc(Br)c1. The summed E-state index contributed by atoms with van der Waals surface area (Å²) in [5.41, 5.74) is 7.44. The van der Waals surface area contributed by atoms with E-state index in [1.165, 1.54) is 5.56 Å². The van der Waals surface area contributed by atoms with Crippen molar-refractivity contribution in [1.82, 2.24) is 15.2 Å². The van der Waals surface area contributed by atoms with E-state index in [2.05, 4.69) is 50.2 Å². The summed E-state index contributed by atoms with van der Waals surface area (Å²) in [7, 11) is 0. The molecule has 0 spiro atoms. The summed E-state index contributed by atoms with van der Waals surface area (Å²) in [5.74, 6) is 0.820. The van der Waals surface area contributed by atoms with Crippen LogP contribution < -0.4 is 5.73 Å². The van der Waals surface area contributed by atoms with Crippen LogP contribution >= 0.6 is 27.7 Å². The number of benzene rings is 1. The molecule has 0 radical (unpaired) electrons. The number of hydrogen-bond donors (Lipinski definition) is 2. The van der Waals surface area contributed by atoms with Crippen molar-refractivity contribution in [3.8, 4) is 0 Å². The van der Waals surface area contributed by atoms with Gasteiger partial charge in [-0.25, -0.2) is 4.98 Å². The van der Waals surface area contributed by atoms with E-state index in [0.717, 1.165) is 21.9 Å². The van der Waals surface area contributed by atoms with Gasteiger partial charge in [-0.3, -0.25) is 5.10 Å². The van der Waals surface area contributed by atoms with Crippen LogP contribution in [0, 0.1) is 6.92 Å². The average molecular weight is 341 g/mol. The van der Waals surface area contributed by atoms with E-state index in [0.29, 0.717) is 0 Å². The molecule has 0 fully saturated rings. The molecule has 1 aromatic heterocycles. The van der Waals surface area contributed by atoms with Gasteiger partial charge < -0.3 is 5.73 Å². The first-order valence-electron chi connectivity index (χ1n) is 6.17. The molecular weight excluding hydrogens is 324 g/mol. The standard InChI is InChI=1S/C13H17BrN4S/c1-3-11(15)12(9-5-4-6-10(14)7-9)19-13-16-8(2)17-18-13/h4-7,11-12H,3,15H2,1-2H3,(H,16,17,18). The third kappa shape index (κ3) is 3.81. The minimum absolute atomic E-state index is 0.0677. The lowest BCUT2D eigenvalue weighted by molar-refractivity contribution is 0.632. The molecule has 0 aliphatic rings. The minimum atomic E-state index is 0.0677. The van der Waals surface area contributed by atoms with Gasteiger partial charge in [0.2, 0.25) is 5.16 Å². The lowest BCUT2D eigenvalue weighted by Gasteiger charge is -2.21. The molecule has 0 saturated heterocycles. The maximum atomic E-state index is 6.25. The van der Waals surface area contributed by atoms with Crippen molar-refractivity contribution in [3.63, 3.8) is 0 Å². The van der Waals surface area contributed by atoms with E-state index >= 15 is 0 Å². The third-order valence-corrected chi connectivity index (χ3v) is 4.61. The van der Waals surface area contributed by atoms with Crippen LogP contribution in [0.5, 0.6) is 0 Å². The summed E-state index contributed by atoms with van der Waals surface area (Å²) in [4.78, 5) is 4.34. The van der Waals surface area contributed by atoms with Crippen LogP contribution in [-0.2, 0) is 0 Å². The Morgan fingerprint density at radius 2 is 2.26 bits per heavy atom. The molecule has 0 bridgehead atoms. The number of H-pyrrole nitrogens is 1. The molecule has 6 heteroatoms. The van der Waals surface area contributed by atoms with Crippen molar-refractivity contribution in [1.29, 1.82) is 0 Å². The summed E-state index contributed by atoms with van der Waals surface area (Å²) >= 11 is 5.11. The normalized spacial score (nSPS) is 14.3. The highest BCUT2D eigenvalue weighted by Gasteiger charge is 2.22. The Bertz CT molecular complexity index is 543. The Kier molecular flexibility index (Phi) is 5.01. The Morgan fingerprint density at radius 1 is 1.47 bits per heavy atom. The smallest absolute Gasteiger partial charge is 0.209 e. The minimum Gasteiger partial charge on any atom is -0.326 e. The average Bonchev–Trinajstić information content (AvgIpc) is 2.80. The number of hydrogen-bond acceptors (Lipinski definition) is 4. The predicted molar refractivity (Wildman–Crippen MR) is 82.1 cm³/mol. The molecular formula is C13H17BrN4S. The van der Waals surface area contributed by atoms with Gasteiger partial charge >= 0.3 is 0 Å². The van der Waals surface area contributed by atoms with E-state index in [-0.39, 0.29) is 11.3 Å². The van der Waals surface area contributed by atoms with Crippen LogP contribution in [0.2, 0.25) is 0 Å². The van der Waals surface area contributed by atoms with Gasteiger partial charge in [0.25, 0.3) is 0 Å². The van der Waals surface area contributed by atoms with Gasteiger partial charge in [-0.05, 0) is 31.0 Å². The van der Waals surface area contributed by atoms with Crippen molar-refractivity contribution < 1.29 is 0 Å². The fourth-order valence-corrected chi connectivity index (χ4v) is 3.37. The van der Waals surface area contributed by atoms with Crippen molar-refractivity contribution in [2.75, 3.05) is 0 Å². The topological polar surface area (TPSA) is 67.6 Å². The van der Waals surface area contributed by atoms with Crippen molar-refractivity contribution in [3.05, 3.63) is 40.1 Å². The highest BCUT2D eigenvalue weighted by atomic mass is 79.9. The molecule has 0 saturated carbocycles. The first kappa shape index (κ1) is 14.6. The number of nitrogens with two attached hydrogens (primary N) is 1. The third-order valence-electron chi connectivity index (χ3n) is 2.85. The maximum Gasteiger partial charge on any atom is 0.209 e. The summed E-state index contributed by atoms with van der Waals surface area (Å²) in [5, 5.41) is 7.93. The molecule has 1 aromatic carbocycles. The van der Waals surface area contributed by atoms with E-state index in [1.54, 1.807) is 11.8 Å². The van der Waals surface area contributed by atoms with Crippen LogP contribution in [0.15, 0.2) is 33.9 Å². The molecule has 0 aliphatic carbocycles. The number of aromatic nitrogens is 3. The number of aromatic amines is 1. The zero-order valence-electron chi connectivity index (χ0n) is 10.9. The lowest BCUT2D eigenvalue weighted by Crippen LogP contribution is -2.25. The van der Waals surface area contributed by atoms with E-state index in [9.17, 15) is 0 Å². The molecule has 2 atom stereocenters. The van der Waals surface area contributed by atoms with Crippen LogP contribution in [0.4, 0.5) is 0 Å². The zero-order chi connectivity index (χ0) is 13.8. The van der Waals surface area contributed by atoms with Crippen LogP contribution in [0.25, 0.3) is 0 Å². The maximum absolute atomic E-state index is 6.25. The highest BCUT2D eigenvalue weighted by Crippen LogP contribution is 2.37. The van der Waals surface area contributed by atoms with Crippen molar-refractivity contribution in [2.24, 2.45) is 5.73 Å². The van der Waals surface area contributed by atoms with Crippen LogP contribution in [0.1, 0.15) is 30.0 Å². The fraction of sp³-hybridized carbons (Fsp3) is 0.385. The summed E-state index contributed by atoms with van der Waals surface area (Å²) in [6, 6.07) is 8.31. The second kappa shape index (κ2) is 6.54. The molecule has 0 amide bonds. The Morgan fingerprint density at radius 3 is 2.84 bits per heavy atom. The Labute approximate surface area is 125 Å². The molecule has 2 aromatic rings. The summed E-state index contributed by atoms with van der Waals surface area (Å²) in [6.45, 7) is 3.99. The predicted octanol–water partition coefficient (Wildman–Crippen LogP) is 3.45. The molecule has 0 aliphatic heterocycles. The number of aryl methyl sites for hydroxylation is 1. The quantitative estimate of drug-likeness (QED) is 0.818. The molecule has 19 heavy (non-hydrogen) atoms. The summed E-state index contributed by atoms with van der Waals surface area (Å²) < 4.78 is 1.06. The van der Waals surface area contributed by atoms with Crippen molar-refractivity contribution >= 4 is 27.7 Å². The van der Waals surface area contributed by atoms with Gasteiger partial charge in [0.05, 0.1) is 5.25 Å². The van der Waals surface area contributed by atoms with Gasteiger partial charge in [-0.15, -0.1) is 5.10 Å². The number of rotatable bonds is 5. The molecule has 1 heterocycles. The monoisotopic (exact) mass is 340 g/mol. The number of halogens is 1. The first-order valence-corrected chi connectivity index (χ1v) is 7.84. The Balaban J connectivity index is 2.25. The fourth-order valence-electron chi connectivity index (χ4n) is 1.79. The molecule has 3 N–H and O–H groups in total. The van der Waals surface area contributed by atoms with Gasteiger partial charge in [-0.2, -0.15) is 0 Å². The molecule has 102 valence electrons. The molecule has 2 unspecified atom stereocenters. The van der Waals surface area contributed by atoms with Crippen LogP contribution in [0.3, 0.4) is 0 Å². The van der Waals surface area contributed by atoms with E-state index in [4.69, 9.17) is 5.73 Å². The van der Waals surface area contributed by atoms with Gasteiger partial charge in [0.1, 0.15) is 5.82 Å². The van der Waals surface area contributed by atoms with E-state index in [1.807, 2.05) is 19.1 Å². The Hall–Kier alpha value is -0.850. The second-order valence-corrected chi connectivity index (χ2v) is 6.39. The van der Waals surface area contributed by atoms with E-state index < -0.39 is 0 Å². The number of thioether (sulfide) groups is 1. The number of nitrogens with one attached hydrogen (secondary N) is 1. The lowest BCUT2D eigenvalue weighted by atomic mass is 10.0. The van der Waals surface area contributed by atoms with Crippen LogP contribution in [-0.4, -0.2) is 21.2 Å². The molecule has 4 nitrogen and oxygen atoms in total. The molecule has 2 rings (SSSR count). The zero-order valence-corrected chi connectivity index (χ0v) is 13.3. The van der Waals surface area contributed by atoms with Crippen molar-refractivity contribution in [2.45, 2.75) is 36.7 Å². The highest BCUT2D eigenvalue weighted by molar-refractivity contribution is 9.10. The summed E-state index contributed by atoms with van der Waals surface area (Å²) in [6.07, 6.45) is 0.910. The van der Waals surface area contributed by atoms with Gasteiger partial charge in [0.15, 0.2) is 0 Å².